The molecular weight excluding hydrogens is 238 g/mol. The van der Waals surface area contributed by atoms with Crippen molar-refractivity contribution >= 4 is 17.5 Å². The SMILES string of the molecule is Cc1cc(Cl)cc(C(=O)NCc2ncc[nH]2)c1. The van der Waals surface area contributed by atoms with Gasteiger partial charge in [-0.05, 0) is 30.7 Å². The molecule has 5 heteroatoms. The summed E-state index contributed by atoms with van der Waals surface area (Å²) in [6.07, 6.45) is 3.36. The molecule has 0 aliphatic rings. The second-order valence-corrected chi connectivity index (χ2v) is 4.17. The van der Waals surface area contributed by atoms with Crippen molar-refractivity contribution in [3.63, 3.8) is 0 Å². The lowest BCUT2D eigenvalue weighted by Gasteiger charge is -2.05. The molecule has 0 unspecified atom stereocenters. The van der Waals surface area contributed by atoms with Gasteiger partial charge in [0, 0.05) is 23.0 Å². The monoisotopic (exact) mass is 249 g/mol. The topological polar surface area (TPSA) is 57.8 Å². The average molecular weight is 250 g/mol. The summed E-state index contributed by atoms with van der Waals surface area (Å²) >= 11 is 5.90. The number of H-pyrrole nitrogens is 1. The molecule has 0 bridgehead atoms. The van der Waals surface area contributed by atoms with Crippen LogP contribution in [-0.2, 0) is 6.54 Å². The van der Waals surface area contributed by atoms with Crippen LogP contribution in [-0.4, -0.2) is 15.9 Å². The number of carbonyl (C=O) groups excluding carboxylic acids is 1. The molecule has 0 atom stereocenters. The first-order valence-corrected chi connectivity index (χ1v) is 5.56. The van der Waals surface area contributed by atoms with Crippen LogP contribution in [0.5, 0.6) is 0 Å². The number of nitrogens with one attached hydrogen (secondary N) is 2. The molecule has 0 spiro atoms. The number of nitrogens with zero attached hydrogens (tertiary/aromatic N) is 1. The van der Waals surface area contributed by atoms with Gasteiger partial charge >= 0.3 is 0 Å². The highest BCUT2D eigenvalue weighted by Gasteiger charge is 2.07. The third-order valence-electron chi connectivity index (χ3n) is 2.28. The van der Waals surface area contributed by atoms with Gasteiger partial charge in [0.2, 0.25) is 0 Å². The van der Waals surface area contributed by atoms with E-state index in [1.54, 1.807) is 24.5 Å². The minimum Gasteiger partial charge on any atom is -0.347 e. The Hall–Kier alpha value is -1.81. The summed E-state index contributed by atoms with van der Waals surface area (Å²) in [5, 5.41) is 3.33. The van der Waals surface area contributed by atoms with Crippen LogP contribution in [0.25, 0.3) is 0 Å². The van der Waals surface area contributed by atoms with Crippen molar-refractivity contribution in [3.8, 4) is 0 Å². The van der Waals surface area contributed by atoms with E-state index in [2.05, 4.69) is 15.3 Å². The number of imidazole rings is 1. The molecule has 0 saturated heterocycles. The van der Waals surface area contributed by atoms with E-state index in [4.69, 9.17) is 11.6 Å². The van der Waals surface area contributed by atoms with Crippen LogP contribution in [0.1, 0.15) is 21.7 Å². The highest BCUT2D eigenvalue weighted by atomic mass is 35.5. The molecule has 0 fully saturated rings. The molecule has 2 N–H and O–H groups in total. The molecule has 17 heavy (non-hydrogen) atoms. The van der Waals surface area contributed by atoms with Crippen molar-refractivity contribution in [1.29, 1.82) is 0 Å². The fourth-order valence-electron chi connectivity index (χ4n) is 1.53. The van der Waals surface area contributed by atoms with E-state index in [0.717, 1.165) is 11.4 Å². The second kappa shape index (κ2) is 5.01. The largest absolute Gasteiger partial charge is 0.347 e. The molecule has 1 aromatic carbocycles. The van der Waals surface area contributed by atoms with Crippen LogP contribution in [0.2, 0.25) is 5.02 Å². The first kappa shape index (κ1) is 11.7. The van der Waals surface area contributed by atoms with Crippen molar-refractivity contribution in [2.45, 2.75) is 13.5 Å². The Morgan fingerprint density at radius 3 is 2.94 bits per heavy atom. The summed E-state index contributed by atoms with van der Waals surface area (Å²) in [6, 6.07) is 5.25. The highest BCUT2D eigenvalue weighted by molar-refractivity contribution is 6.31. The number of halogens is 1. The Labute approximate surface area is 104 Å². The summed E-state index contributed by atoms with van der Waals surface area (Å²) in [5.74, 6) is 0.559. The molecular formula is C12H12ClN3O. The van der Waals surface area contributed by atoms with Crippen LogP contribution < -0.4 is 5.32 Å². The number of aromatic nitrogens is 2. The van der Waals surface area contributed by atoms with Gasteiger partial charge in [0.15, 0.2) is 0 Å². The van der Waals surface area contributed by atoms with Gasteiger partial charge in [0.05, 0.1) is 6.54 Å². The van der Waals surface area contributed by atoms with Gasteiger partial charge in [-0.15, -0.1) is 0 Å². The Morgan fingerprint density at radius 2 is 2.29 bits per heavy atom. The molecule has 2 aromatic rings. The molecule has 0 saturated carbocycles. The molecule has 0 aliphatic heterocycles. The number of amides is 1. The normalized spacial score (nSPS) is 10.2. The molecule has 0 radical (unpaired) electrons. The van der Waals surface area contributed by atoms with Gasteiger partial charge in [-0.1, -0.05) is 11.6 Å². The maximum atomic E-state index is 11.8. The Morgan fingerprint density at radius 1 is 1.47 bits per heavy atom. The first-order valence-electron chi connectivity index (χ1n) is 5.19. The quantitative estimate of drug-likeness (QED) is 0.877. The Bertz CT molecular complexity index is 502. The minimum absolute atomic E-state index is 0.160. The number of rotatable bonds is 3. The molecule has 0 aliphatic carbocycles. The summed E-state index contributed by atoms with van der Waals surface area (Å²) in [6.45, 7) is 2.27. The summed E-state index contributed by atoms with van der Waals surface area (Å²) in [5.41, 5.74) is 1.52. The molecule has 2 rings (SSSR count). The van der Waals surface area contributed by atoms with Crippen molar-refractivity contribution in [2.24, 2.45) is 0 Å². The van der Waals surface area contributed by atoms with Crippen molar-refractivity contribution in [1.82, 2.24) is 15.3 Å². The lowest BCUT2D eigenvalue weighted by Crippen LogP contribution is -2.23. The van der Waals surface area contributed by atoms with E-state index < -0.39 is 0 Å². The number of aromatic amines is 1. The highest BCUT2D eigenvalue weighted by Crippen LogP contribution is 2.14. The fraction of sp³-hybridized carbons (Fsp3) is 0.167. The second-order valence-electron chi connectivity index (χ2n) is 3.74. The maximum absolute atomic E-state index is 11.8. The van der Waals surface area contributed by atoms with E-state index in [1.165, 1.54) is 0 Å². The summed E-state index contributed by atoms with van der Waals surface area (Å²) < 4.78 is 0. The van der Waals surface area contributed by atoms with Crippen LogP contribution in [0.3, 0.4) is 0 Å². The lowest BCUT2D eigenvalue weighted by molar-refractivity contribution is 0.0950. The van der Waals surface area contributed by atoms with E-state index >= 15 is 0 Å². The van der Waals surface area contributed by atoms with E-state index in [0.29, 0.717) is 17.1 Å². The summed E-state index contributed by atoms with van der Waals surface area (Å²) in [7, 11) is 0. The van der Waals surface area contributed by atoms with Crippen molar-refractivity contribution in [2.75, 3.05) is 0 Å². The number of benzene rings is 1. The molecule has 1 heterocycles. The predicted octanol–water partition coefficient (Wildman–Crippen LogP) is 2.30. The smallest absolute Gasteiger partial charge is 0.251 e. The molecule has 4 nitrogen and oxygen atoms in total. The van der Waals surface area contributed by atoms with Gasteiger partial charge in [-0.3, -0.25) is 4.79 Å². The average Bonchev–Trinajstić information content (AvgIpc) is 2.77. The molecule has 88 valence electrons. The minimum atomic E-state index is -0.160. The zero-order chi connectivity index (χ0) is 12.3. The van der Waals surface area contributed by atoms with Gasteiger partial charge in [-0.25, -0.2) is 4.98 Å². The number of hydrogen-bond acceptors (Lipinski definition) is 2. The Balaban J connectivity index is 2.04. The summed E-state index contributed by atoms with van der Waals surface area (Å²) in [4.78, 5) is 18.8. The van der Waals surface area contributed by atoms with Gasteiger partial charge in [0.1, 0.15) is 5.82 Å². The number of hydrogen-bond donors (Lipinski definition) is 2. The van der Waals surface area contributed by atoms with Crippen molar-refractivity contribution in [3.05, 3.63) is 52.6 Å². The third-order valence-corrected chi connectivity index (χ3v) is 2.49. The zero-order valence-electron chi connectivity index (χ0n) is 9.33. The van der Waals surface area contributed by atoms with Gasteiger partial charge in [0.25, 0.3) is 5.91 Å². The molecule has 1 amide bonds. The standard InChI is InChI=1S/C12H12ClN3O/c1-8-4-9(6-10(13)5-8)12(17)16-7-11-14-2-3-15-11/h2-6H,7H2,1H3,(H,14,15)(H,16,17). The Kier molecular flexibility index (Phi) is 3.44. The van der Waals surface area contributed by atoms with Crippen LogP contribution in [0, 0.1) is 6.92 Å². The predicted molar refractivity (Wildman–Crippen MR) is 65.9 cm³/mol. The van der Waals surface area contributed by atoms with Gasteiger partial charge in [-0.2, -0.15) is 0 Å². The fourth-order valence-corrected chi connectivity index (χ4v) is 1.82. The number of carbonyl (C=O) groups is 1. The number of aryl methyl sites for hydroxylation is 1. The van der Waals surface area contributed by atoms with Crippen LogP contribution >= 0.6 is 11.6 Å². The molecule has 1 aromatic heterocycles. The van der Waals surface area contributed by atoms with Crippen LogP contribution in [0.15, 0.2) is 30.6 Å². The van der Waals surface area contributed by atoms with Gasteiger partial charge < -0.3 is 10.3 Å². The third kappa shape index (κ3) is 3.07. The van der Waals surface area contributed by atoms with Crippen molar-refractivity contribution < 1.29 is 4.79 Å². The zero-order valence-corrected chi connectivity index (χ0v) is 10.1. The van der Waals surface area contributed by atoms with E-state index in [9.17, 15) is 4.79 Å². The first-order chi connectivity index (χ1) is 8.15. The van der Waals surface area contributed by atoms with E-state index in [-0.39, 0.29) is 5.91 Å². The lowest BCUT2D eigenvalue weighted by atomic mass is 10.1. The van der Waals surface area contributed by atoms with Crippen LogP contribution in [0.4, 0.5) is 0 Å². The maximum Gasteiger partial charge on any atom is 0.251 e. The van der Waals surface area contributed by atoms with E-state index in [1.807, 2.05) is 13.0 Å².